The van der Waals surface area contributed by atoms with E-state index in [1.165, 1.54) is 22.8 Å². The highest BCUT2D eigenvalue weighted by Crippen LogP contribution is 2.23. The van der Waals surface area contributed by atoms with Gasteiger partial charge in [0, 0.05) is 0 Å². The summed E-state index contributed by atoms with van der Waals surface area (Å²) in [4.78, 5) is 0. The Morgan fingerprint density at radius 3 is 2.62 bits per heavy atom. The fourth-order valence-corrected chi connectivity index (χ4v) is 2.24. The van der Waals surface area contributed by atoms with Gasteiger partial charge in [0.25, 0.3) is 0 Å². The zero-order chi connectivity index (χ0) is 9.68. The molecule has 1 atom stereocenters. The van der Waals surface area contributed by atoms with Crippen molar-refractivity contribution >= 4 is 16.3 Å². The van der Waals surface area contributed by atoms with Gasteiger partial charge < -0.3 is 0 Å². The predicted octanol–water partition coefficient (Wildman–Crippen LogP) is 3.33. The zero-order valence-electron chi connectivity index (χ0n) is 8.59. The molecule has 0 aromatic heterocycles. The monoisotopic (exact) mass is 188 g/mol. The fourth-order valence-electron chi connectivity index (χ4n) is 1.74. The standard InChI is InChI=1S/C12H17.Al/c1-4-10(3)12-9-7-6-8-11(12)5-2;/h6-10H,1,4-5H2,2-3H3;. The molecule has 0 aliphatic carbocycles. The highest BCUT2D eigenvalue weighted by Gasteiger charge is 2.06. The van der Waals surface area contributed by atoms with Crippen molar-refractivity contribution in [1.29, 1.82) is 0 Å². The minimum Gasteiger partial charge on any atom is -0.117 e. The second-order valence-corrected chi connectivity index (χ2v) is 4.11. The van der Waals surface area contributed by atoms with Crippen LogP contribution in [0.25, 0.3) is 0 Å². The van der Waals surface area contributed by atoms with Crippen molar-refractivity contribution in [2.45, 2.75) is 37.9 Å². The summed E-state index contributed by atoms with van der Waals surface area (Å²) in [5.74, 6) is 0.702. The summed E-state index contributed by atoms with van der Waals surface area (Å²) < 4.78 is 0. The number of aryl methyl sites for hydroxylation is 1. The molecule has 1 aromatic carbocycles. The maximum atomic E-state index is 2.81. The second kappa shape index (κ2) is 5.48. The third kappa shape index (κ3) is 2.86. The molecular weight excluding hydrogens is 171 g/mol. The molecule has 1 aromatic rings. The molecule has 0 bridgehead atoms. The molecule has 13 heavy (non-hydrogen) atoms. The number of rotatable bonds is 4. The first-order valence-corrected chi connectivity index (χ1v) is 5.89. The molecule has 0 heterocycles. The zero-order valence-corrected chi connectivity index (χ0v) is 9.74. The van der Waals surface area contributed by atoms with Crippen LogP contribution in [0.2, 0.25) is 5.28 Å². The summed E-state index contributed by atoms with van der Waals surface area (Å²) in [6.07, 6.45) is 2.42. The van der Waals surface area contributed by atoms with Gasteiger partial charge in [0.05, 0.1) is 0 Å². The fraction of sp³-hybridized carbons (Fsp3) is 0.500. The lowest BCUT2D eigenvalue weighted by molar-refractivity contribution is 0.723. The lowest BCUT2D eigenvalue weighted by atomic mass is 9.93. The molecule has 0 saturated carbocycles. The summed E-state index contributed by atoms with van der Waals surface area (Å²) >= 11 is 2.81. The van der Waals surface area contributed by atoms with Gasteiger partial charge in [-0.15, -0.1) is 5.28 Å². The number of hydrogen-bond donors (Lipinski definition) is 0. The van der Waals surface area contributed by atoms with Crippen LogP contribution in [0.5, 0.6) is 0 Å². The van der Waals surface area contributed by atoms with Crippen LogP contribution >= 0.6 is 0 Å². The van der Waals surface area contributed by atoms with Crippen LogP contribution in [0.15, 0.2) is 24.3 Å². The van der Waals surface area contributed by atoms with Crippen LogP contribution < -0.4 is 0 Å². The second-order valence-electron chi connectivity index (χ2n) is 3.53. The van der Waals surface area contributed by atoms with Gasteiger partial charge in [0.2, 0.25) is 0 Å². The van der Waals surface area contributed by atoms with E-state index in [4.69, 9.17) is 0 Å². The van der Waals surface area contributed by atoms with Crippen molar-refractivity contribution in [3.8, 4) is 0 Å². The number of benzene rings is 1. The van der Waals surface area contributed by atoms with E-state index in [1.54, 1.807) is 0 Å². The van der Waals surface area contributed by atoms with Crippen LogP contribution in [-0.4, -0.2) is 16.3 Å². The minimum absolute atomic E-state index is 0.702. The van der Waals surface area contributed by atoms with Crippen LogP contribution in [0.4, 0.5) is 0 Å². The van der Waals surface area contributed by atoms with Crippen LogP contribution in [0.1, 0.15) is 37.3 Å². The molecule has 0 amide bonds. The summed E-state index contributed by atoms with van der Waals surface area (Å²) in [6, 6.07) is 8.79. The normalized spacial score (nSPS) is 12.8. The average molecular weight is 188 g/mol. The quantitative estimate of drug-likeness (QED) is 0.636. The highest BCUT2D eigenvalue weighted by atomic mass is 27.0. The van der Waals surface area contributed by atoms with E-state index >= 15 is 0 Å². The van der Waals surface area contributed by atoms with Crippen molar-refractivity contribution in [2.75, 3.05) is 0 Å². The summed E-state index contributed by atoms with van der Waals surface area (Å²) in [5, 5.41) is 1.19. The largest absolute Gasteiger partial charge is 0.118 e. The van der Waals surface area contributed by atoms with Gasteiger partial charge >= 0.3 is 0 Å². The van der Waals surface area contributed by atoms with Gasteiger partial charge in [-0.2, -0.15) is 0 Å². The molecule has 0 saturated heterocycles. The Morgan fingerprint density at radius 2 is 2.00 bits per heavy atom. The van der Waals surface area contributed by atoms with E-state index in [0.717, 1.165) is 6.42 Å². The summed E-state index contributed by atoms with van der Waals surface area (Å²) in [5.41, 5.74) is 3.04. The molecule has 68 valence electrons. The Hall–Kier alpha value is -0.248. The predicted molar refractivity (Wildman–Crippen MR) is 59.4 cm³/mol. The molecule has 1 heteroatoms. The highest BCUT2D eigenvalue weighted by molar-refractivity contribution is 6.08. The minimum atomic E-state index is 0.702. The van der Waals surface area contributed by atoms with Gasteiger partial charge in [-0.1, -0.05) is 44.5 Å². The van der Waals surface area contributed by atoms with Gasteiger partial charge in [-0.25, -0.2) is 0 Å². The third-order valence-electron chi connectivity index (χ3n) is 2.57. The van der Waals surface area contributed by atoms with Crippen LogP contribution in [0, 0.1) is 0 Å². The van der Waals surface area contributed by atoms with E-state index in [0.29, 0.717) is 5.92 Å². The first-order valence-electron chi connectivity index (χ1n) is 5.07. The molecule has 0 aliphatic rings. The Kier molecular flexibility index (Phi) is 4.56. The van der Waals surface area contributed by atoms with E-state index < -0.39 is 0 Å². The van der Waals surface area contributed by atoms with Gasteiger partial charge in [0.15, 0.2) is 0 Å². The van der Waals surface area contributed by atoms with Crippen LogP contribution in [0.3, 0.4) is 0 Å². The molecule has 1 rings (SSSR count). The molecule has 2 radical (unpaired) electrons. The molecule has 0 fully saturated rings. The molecule has 1 unspecified atom stereocenters. The van der Waals surface area contributed by atoms with E-state index in [1.807, 2.05) is 0 Å². The number of hydrogen-bond acceptors (Lipinski definition) is 0. The topological polar surface area (TPSA) is 0 Å². The lowest BCUT2D eigenvalue weighted by Crippen LogP contribution is -1.98. The molecular formula is C12H17Al. The van der Waals surface area contributed by atoms with Gasteiger partial charge in [0.1, 0.15) is 16.3 Å². The maximum absolute atomic E-state index is 2.81. The molecule has 0 spiro atoms. The first-order chi connectivity index (χ1) is 6.29. The Bertz CT molecular complexity index is 255. The Morgan fingerprint density at radius 1 is 1.31 bits per heavy atom. The van der Waals surface area contributed by atoms with E-state index in [2.05, 4.69) is 54.4 Å². The van der Waals surface area contributed by atoms with Crippen molar-refractivity contribution in [3.63, 3.8) is 0 Å². The van der Waals surface area contributed by atoms with E-state index in [9.17, 15) is 0 Å². The van der Waals surface area contributed by atoms with E-state index in [-0.39, 0.29) is 0 Å². The van der Waals surface area contributed by atoms with Crippen molar-refractivity contribution in [3.05, 3.63) is 35.4 Å². The van der Waals surface area contributed by atoms with Gasteiger partial charge in [-0.3, -0.25) is 0 Å². The van der Waals surface area contributed by atoms with Crippen molar-refractivity contribution in [2.24, 2.45) is 0 Å². The molecule has 0 N–H and O–H groups in total. The summed E-state index contributed by atoms with van der Waals surface area (Å²) in [6.45, 7) is 4.55. The van der Waals surface area contributed by atoms with Crippen LogP contribution in [-0.2, 0) is 6.42 Å². The maximum Gasteiger partial charge on any atom is 0.118 e. The lowest BCUT2D eigenvalue weighted by Gasteiger charge is -2.14. The molecule has 0 aliphatic heterocycles. The van der Waals surface area contributed by atoms with Crippen molar-refractivity contribution < 1.29 is 0 Å². The first kappa shape index (κ1) is 10.8. The Labute approximate surface area is 89.8 Å². The van der Waals surface area contributed by atoms with Crippen molar-refractivity contribution in [1.82, 2.24) is 0 Å². The average Bonchev–Trinajstić information content (AvgIpc) is 2.18. The summed E-state index contributed by atoms with van der Waals surface area (Å²) in [7, 11) is 0. The molecule has 0 nitrogen and oxygen atoms in total. The third-order valence-corrected chi connectivity index (χ3v) is 2.90. The SMILES string of the molecule is CCc1ccccc1C(C)C[CH2][Al]. The smallest absolute Gasteiger partial charge is 0.117 e. The Balaban J connectivity index is 2.85. The van der Waals surface area contributed by atoms with Gasteiger partial charge in [-0.05, 0) is 23.5 Å².